The van der Waals surface area contributed by atoms with Crippen molar-refractivity contribution in [3.8, 4) is 17.1 Å². The van der Waals surface area contributed by atoms with Gasteiger partial charge in [-0.3, -0.25) is 4.79 Å². The maximum Gasteiger partial charge on any atom is 0.167 e. The second kappa shape index (κ2) is 3.53. The van der Waals surface area contributed by atoms with Gasteiger partial charge in [0.1, 0.15) is 17.4 Å². The largest absolute Gasteiger partial charge is 0.507 e. The van der Waals surface area contributed by atoms with E-state index in [1.165, 1.54) is 18.3 Å². The van der Waals surface area contributed by atoms with Crippen LogP contribution >= 0.6 is 0 Å². The molecule has 0 fully saturated rings. The van der Waals surface area contributed by atoms with E-state index in [4.69, 9.17) is 0 Å². The second-order valence-electron chi connectivity index (χ2n) is 2.97. The van der Waals surface area contributed by atoms with Crippen molar-refractivity contribution in [3.05, 3.63) is 35.9 Å². The van der Waals surface area contributed by atoms with E-state index in [0.29, 0.717) is 23.4 Å². The molecule has 1 aromatic carbocycles. The number of imidazole rings is 1. The van der Waals surface area contributed by atoms with Crippen molar-refractivity contribution in [3.63, 3.8) is 0 Å². The molecule has 0 aliphatic carbocycles. The summed E-state index contributed by atoms with van der Waals surface area (Å²) in [6, 6.07) is 3.58. The van der Waals surface area contributed by atoms with Crippen molar-refractivity contribution in [2.24, 2.45) is 0 Å². The average Bonchev–Trinajstić information content (AvgIpc) is 2.66. The highest BCUT2D eigenvalue weighted by molar-refractivity contribution is 5.74. The minimum absolute atomic E-state index is 0.221. The summed E-state index contributed by atoms with van der Waals surface area (Å²) in [4.78, 5) is 17.0. The summed E-state index contributed by atoms with van der Waals surface area (Å²) in [6.45, 7) is 0. The molecule has 76 valence electrons. The normalized spacial score (nSPS) is 10.2. The van der Waals surface area contributed by atoms with Crippen molar-refractivity contribution in [2.75, 3.05) is 0 Å². The van der Waals surface area contributed by atoms with Crippen molar-refractivity contribution in [2.45, 2.75) is 0 Å². The molecule has 0 amide bonds. The first kappa shape index (κ1) is 9.39. The summed E-state index contributed by atoms with van der Waals surface area (Å²) < 4.78 is 12.7. The first-order chi connectivity index (χ1) is 7.20. The van der Waals surface area contributed by atoms with Crippen LogP contribution in [0.3, 0.4) is 0 Å². The number of benzene rings is 1. The highest BCUT2D eigenvalue weighted by Crippen LogP contribution is 2.26. The smallest absolute Gasteiger partial charge is 0.167 e. The van der Waals surface area contributed by atoms with E-state index in [1.807, 2.05) is 0 Å². The van der Waals surface area contributed by atoms with E-state index in [1.54, 1.807) is 0 Å². The van der Waals surface area contributed by atoms with Crippen molar-refractivity contribution in [1.29, 1.82) is 0 Å². The Morgan fingerprint density at radius 2 is 2.27 bits per heavy atom. The number of halogens is 1. The van der Waals surface area contributed by atoms with Gasteiger partial charge in [0.05, 0.1) is 17.5 Å². The summed E-state index contributed by atoms with van der Waals surface area (Å²) >= 11 is 0. The van der Waals surface area contributed by atoms with Crippen LogP contribution in [0.15, 0.2) is 24.4 Å². The van der Waals surface area contributed by atoms with Crippen LogP contribution < -0.4 is 0 Å². The Morgan fingerprint density at radius 3 is 2.87 bits per heavy atom. The van der Waals surface area contributed by atoms with Gasteiger partial charge in [0.2, 0.25) is 0 Å². The summed E-state index contributed by atoms with van der Waals surface area (Å²) in [5.74, 6) is -0.421. The Bertz CT molecular complexity index is 508. The van der Waals surface area contributed by atoms with Gasteiger partial charge < -0.3 is 10.1 Å². The summed E-state index contributed by atoms with van der Waals surface area (Å²) in [6.07, 6.45) is 1.95. The number of nitrogens with zero attached hydrogens (tertiary/aromatic N) is 1. The van der Waals surface area contributed by atoms with E-state index in [-0.39, 0.29) is 5.75 Å². The number of hydrogen-bond donors (Lipinski definition) is 2. The second-order valence-corrected chi connectivity index (χ2v) is 2.97. The van der Waals surface area contributed by atoms with Crippen LogP contribution in [0.25, 0.3) is 11.4 Å². The number of hydrogen-bond acceptors (Lipinski definition) is 3. The zero-order valence-electron chi connectivity index (χ0n) is 7.57. The van der Waals surface area contributed by atoms with E-state index < -0.39 is 5.82 Å². The molecule has 0 aliphatic rings. The molecule has 5 heteroatoms. The number of aldehydes is 1. The highest BCUT2D eigenvalue weighted by atomic mass is 19.1. The lowest BCUT2D eigenvalue weighted by Crippen LogP contribution is -1.84. The quantitative estimate of drug-likeness (QED) is 0.735. The van der Waals surface area contributed by atoms with Crippen molar-refractivity contribution in [1.82, 2.24) is 9.97 Å². The number of carbonyl (C=O) groups is 1. The third-order valence-electron chi connectivity index (χ3n) is 1.94. The molecule has 0 bridgehead atoms. The minimum atomic E-state index is -0.529. The first-order valence-electron chi connectivity index (χ1n) is 4.20. The van der Waals surface area contributed by atoms with Crippen LogP contribution in [0.5, 0.6) is 5.75 Å². The Kier molecular flexibility index (Phi) is 2.21. The third-order valence-corrected chi connectivity index (χ3v) is 1.94. The predicted molar refractivity (Wildman–Crippen MR) is 51.0 cm³/mol. The van der Waals surface area contributed by atoms with Gasteiger partial charge in [0, 0.05) is 6.07 Å². The zero-order chi connectivity index (χ0) is 10.8. The molecule has 0 radical (unpaired) electrons. The molecule has 1 heterocycles. The maximum atomic E-state index is 12.7. The predicted octanol–water partition coefficient (Wildman–Crippen LogP) is 1.73. The molecule has 4 nitrogen and oxygen atoms in total. The van der Waals surface area contributed by atoms with Crippen LogP contribution in [0.4, 0.5) is 4.39 Å². The van der Waals surface area contributed by atoms with E-state index >= 15 is 0 Å². The molecule has 2 rings (SSSR count). The van der Waals surface area contributed by atoms with E-state index in [0.717, 1.165) is 6.07 Å². The van der Waals surface area contributed by atoms with Gasteiger partial charge in [-0.15, -0.1) is 0 Å². The molecular formula is C10H7FN2O2. The van der Waals surface area contributed by atoms with Gasteiger partial charge in [-0.05, 0) is 12.1 Å². The molecule has 2 N–H and O–H groups in total. The van der Waals surface area contributed by atoms with Gasteiger partial charge >= 0.3 is 0 Å². The van der Waals surface area contributed by atoms with Gasteiger partial charge in [-0.2, -0.15) is 0 Å². The fourth-order valence-electron chi connectivity index (χ4n) is 1.24. The van der Waals surface area contributed by atoms with Gasteiger partial charge in [-0.1, -0.05) is 0 Å². The summed E-state index contributed by atoms with van der Waals surface area (Å²) in [5, 5.41) is 9.44. The fourth-order valence-corrected chi connectivity index (χ4v) is 1.24. The Hall–Kier alpha value is -2.17. The minimum Gasteiger partial charge on any atom is -0.507 e. The number of rotatable bonds is 2. The van der Waals surface area contributed by atoms with E-state index in [2.05, 4.69) is 9.97 Å². The lowest BCUT2D eigenvalue weighted by Gasteiger charge is -2.00. The molecule has 15 heavy (non-hydrogen) atoms. The molecule has 0 spiro atoms. The van der Waals surface area contributed by atoms with E-state index in [9.17, 15) is 14.3 Å². The molecule has 0 unspecified atom stereocenters. The Balaban J connectivity index is 2.49. The van der Waals surface area contributed by atoms with Crippen LogP contribution in [-0.2, 0) is 0 Å². The SMILES string of the molecule is O=Cc1cnc(-c2ccc(F)cc2O)[nH]1. The van der Waals surface area contributed by atoms with Gasteiger partial charge in [0.15, 0.2) is 6.29 Å². The van der Waals surface area contributed by atoms with Gasteiger partial charge in [-0.25, -0.2) is 9.37 Å². The fraction of sp³-hybridized carbons (Fsp3) is 0. The van der Waals surface area contributed by atoms with Crippen molar-refractivity contribution >= 4 is 6.29 Å². The molecule has 0 aliphatic heterocycles. The Labute approximate surface area is 84.4 Å². The lowest BCUT2D eigenvalue weighted by molar-refractivity contribution is 0.111. The number of carbonyl (C=O) groups excluding carboxylic acids is 1. The Morgan fingerprint density at radius 1 is 1.47 bits per heavy atom. The number of phenols is 1. The monoisotopic (exact) mass is 206 g/mol. The van der Waals surface area contributed by atoms with Crippen LogP contribution in [0.2, 0.25) is 0 Å². The molecular weight excluding hydrogens is 199 g/mol. The lowest BCUT2D eigenvalue weighted by atomic mass is 10.2. The number of aromatic amines is 1. The highest BCUT2D eigenvalue weighted by Gasteiger charge is 2.08. The van der Waals surface area contributed by atoms with Crippen LogP contribution in [0, 0.1) is 5.82 Å². The standard InChI is InChI=1S/C10H7FN2O2/c11-6-1-2-8(9(15)3-6)10-12-4-7(5-14)13-10/h1-5,15H,(H,12,13). The number of phenolic OH excluding ortho intramolecular Hbond substituents is 1. The molecule has 1 aromatic heterocycles. The number of aromatic hydroxyl groups is 1. The molecule has 2 aromatic rings. The van der Waals surface area contributed by atoms with Crippen LogP contribution in [-0.4, -0.2) is 21.4 Å². The summed E-state index contributed by atoms with van der Waals surface area (Å²) in [5.41, 5.74) is 0.651. The number of aromatic nitrogens is 2. The third kappa shape index (κ3) is 1.71. The average molecular weight is 206 g/mol. The first-order valence-corrected chi connectivity index (χ1v) is 4.20. The number of H-pyrrole nitrogens is 1. The zero-order valence-corrected chi connectivity index (χ0v) is 7.57. The molecule has 0 saturated heterocycles. The van der Waals surface area contributed by atoms with Crippen LogP contribution in [0.1, 0.15) is 10.5 Å². The topological polar surface area (TPSA) is 66.0 Å². The maximum absolute atomic E-state index is 12.7. The molecule has 0 atom stereocenters. The van der Waals surface area contributed by atoms with Gasteiger partial charge in [0.25, 0.3) is 0 Å². The molecule has 0 saturated carbocycles. The van der Waals surface area contributed by atoms with Crippen molar-refractivity contribution < 1.29 is 14.3 Å². The number of nitrogens with one attached hydrogen (secondary N) is 1. The summed E-state index contributed by atoms with van der Waals surface area (Å²) in [7, 11) is 0.